The van der Waals surface area contributed by atoms with E-state index in [0.717, 1.165) is 22.9 Å². The lowest BCUT2D eigenvalue weighted by Crippen LogP contribution is -2.06. The Morgan fingerprint density at radius 1 is 1.32 bits per heavy atom. The number of aliphatic hydroxyl groups is 1. The van der Waals surface area contributed by atoms with Crippen LogP contribution in [-0.2, 0) is 0 Å². The smallest absolute Gasteiger partial charge is 0.220 e. The summed E-state index contributed by atoms with van der Waals surface area (Å²) in [7, 11) is 0. The summed E-state index contributed by atoms with van der Waals surface area (Å²) in [6.45, 7) is 2.78. The summed E-state index contributed by atoms with van der Waals surface area (Å²) in [6.07, 6.45) is 5.86. The monoisotopic (exact) mass is 299 g/mol. The first-order valence-corrected chi connectivity index (χ1v) is 6.97. The highest BCUT2D eigenvalue weighted by Crippen LogP contribution is 2.22. The number of aliphatic hydroxyl groups excluding tert-OH is 1. The molecule has 0 spiro atoms. The topological polar surface area (TPSA) is 114 Å². The van der Waals surface area contributed by atoms with Crippen LogP contribution in [0.2, 0.25) is 0 Å². The molecular weight excluding hydrogens is 282 g/mol. The van der Waals surface area contributed by atoms with Crippen LogP contribution in [0.3, 0.4) is 0 Å². The van der Waals surface area contributed by atoms with E-state index in [0.29, 0.717) is 18.7 Å². The number of nitrogens with one attached hydrogen (secondary N) is 1. The Kier molecular flexibility index (Phi) is 3.84. The number of nitrogen functional groups attached to an aromatic ring is 1. The Bertz CT molecular complexity index is 799. The predicted molar refractivity (Wildman–Crippen MR) is 83.4 cm³/mol. The summed E-state index contributed by atoms with van der Waals surface area (Å²) < 4.78 is 1.95. The van der Waals surface area contributed by atoms with E-state index >= 15 is 0 Å². The maximum absolute atomic E-state index is 8.81. The number of fused-ring (bicyclic) bond motifs is 1. The van der Waals surface area contributed by atoms with Crippen LogP contribution in [0.4, 0.5) is 11.8 Å². The average Bonchev–Trinajstić information content (AvgIpc) is 2.85. The van der Waals surface area contributed by atoms with Crippen LogP contribution >= 0.6 is 0 Å². The van der Waals surface area contributed by atoms with E-state index in [1.807, 2.05) is 17.5 Å². The van der Waals surface area contributed by atoms with Crippen molar-refractivity contribution in [2.24, 2.45) is 0 Å². The standard InChI is InChI=1S/C14H17N7O/c1-9-13(10-3-5-17-14(15)19-10)20-12-7-18-11(8-21(9)12)16-4-2-6-22/h3,5,7-8,16,22H,2,4,6H2,1H3,(H2,15,17,19). The van der Waals surface area contributed by atoms with Crippen LogP contribution in [0.5, 0.6) is 0 Å². The molecule has 3 heterocycles. The molecule has 0 saturated carbocycles. The van der Waals surface area contributed by atoms with Gasteiger partial charge in [0, 0.05) is 25.0 Å². The molecule has 0 amide bonds. The van der Waals surface area contributed by atoms with Crippen molar-refractivity contribution >= 4 is 17.4 Å². The van der Waals surface area contributed by atoms with Crippen molar-refractivity contribution in [1.29, 1.82) is 0 Å². The normalized spacial score (nSPS) is 11.0. The van der Waals surface area contributed by atoms with Crippen LogP contribution in [0.15, 0.2) is 24.7 Å². The van der Waals surface area contributed by atoms with E-state index in [-0.39, 0.29) is 12.6 Å². The molecule has 0 aliphatic rings. The number of anilines is 2. The third kappa shape index (κ3) is 2.68. The zero-order chi connectivity index (χ0) is 15.5. The Hall–Kier alpha value is -2.74. The first-order chi connectivity index (χ1) is 10.7. The van der Waals surface area contributed by atoms with Gasteiger partial charge in [0.05, 0.1) is 18.1 Å². The molecule has 0 unspecified atom stereocenters. The average molecular weight is 299 g/mol. The van der Waals surface area contributed by atoms with Gasteiger partial charge in [0.1, 0.15) is 11.5 Å². The van der Waals surface area contributed by atoms with E-state index in [4.69, 9.17) is 10.8 Å². The van der Waals surface area contributed by atoms with Gasteiger partial charge in [-0.1, -0.05) is 0 Å². The van der Waals surface area contributed by atoms with Gasteiger partial charge >= 0.3 is 0 Å². The van der Waals surface area contributed by atoms with Crippen molar-refractivity contribution in [2.45, 2.75) is 13.3 Å². The molecule has 0 fully saturated rings. The number of nitrogens with zero attached hydrogens (tertiary/aromatic N) is 5. The number of imidazole rings is 1. The molecule has 0 aliphatic heterocycles. The van der Waals surface area contributed by atoms with Gasteiger partial charge in [-0.05, 0) is 19.4 Å². The van der Waals surface area contributed by atoms with Gasteiger partial charge in [-0.2, -0.15) is 0 Å². The van der Waals surface area contributed by atoms with Gasteiger partial charge in [-0.3, -0.25) is 4.40 Å². The zero-order valence-electron chi connectivity index (χ0n) is 12.2. The van der Waals surface area contributed by atoms with Gasteiger partial charge in [0.25, 0.3) is 0 Å². The molecule has 3 rings (SSSR count). The molecule has 0 saturated heterocycles. The van der Waals surface area contributed by atoms with Crippen molar-refractivity contribution in [3.8, 4) is 11.4 Å². The quantitative estimate of drug-likeness (QED) is 0.599. The van der Waals surface area contributed by atoms with Crippen molar-refractivity contribution in [3.63, 3.8) is 0 Å². The number of nitrogens with two attached hydrogens (primary N) is 1. The number of rotatable bonds is 5. The maximum Gasteiger partial charge on any atom is 0.220 e. The largest absolute Gasteiger partial charge is 0.396 e. The summed E-state index contributed by atoms with van der Waals surface area (Å²) in [6, 6.07) is 1.78. The van der Waals surface area contributed by atoms with Crippen LogP contribution < -0.4 is 11.1 Å². The fraction of sp³-hybridized carbons (Fsp3) is 0.286. The summed E-state index contributed by atoms with van der Waals surface area (Å²) >= 11 is 0. The molecule has 0 radical (unpaired) electrons. The first kappa shape index (κ1) is 14.2. The molecule has 8 heteroatoms. The van der Waals surface area contributed by atoms with Crippen LogP contribution in [0.1, 0.15) is 12.1 Å². The number of aromatic nitrogens is 5. The Labute approximate surface area is 127 Å². The SMILES string of the molecule is Cc1c(-c2ccnc(N)n2)nc2cnc(NCCCO)cn12. The van der Waals surface area contributed by atoms with E-state index in [2.05, 4.69) is 25.3 Å². The van der Waals surface area contributed by atoms with Crippen LogP contribution in [-0.4, -0.2) is 42.6 Å². The third-order valence-corrected chi connectivity index (χ3v) is 3.31. The second kappa shape index (κ2) is 5.94. The minimum absolute atomic E-state index is 0.151. The van der Waals surface area contributed by atoms with Crippen LogP contribution in [0.25, 0.3) is 17.0 Å². The lowest BCUT2D eigenvalue weighted by Gasteiger charge is -2.05. The summed E-state index contributed by atoms with van der Waals surface area (Å²) in [4.78, 5) is 17.0. The molecule has 114 valence electrons. The van der Waals surface area contributed by atoms with E-state index in [1.165, 1.54) is 0 Å². The predicted octanol–water partition coefficient (Wildman–Crippen LogP) is 0.871. The lowest BCUT2D eigenvalue weighted by atomic mass is 10.2. The van der Waals surface area contributed by atoms with E-state index in [9.17, 15) is 0 Å². The summed E-state index contributed by atoms with van der Waals surface area (Å²) in [5.74, 6) is 0.952. The second-order valence-corrected chi connectivity index (χ2v) is 4.85. The third-order valence-electron chi connectivity index (χ3n) is 3.31. The zero-order valence-corrected chi connectivity index (χ0v) is 12.2. The van der Waals surface area contributed by atoms with E-state index in [1.54, 1.807) is 18.5 Å². The maximum atomic E-state index is 8.81. The first-order valence-electron chi connectivity index (χ1n) is 6.97. The molecule has 0 aromatic carbocycles. The molecule has 0 atom stereocenters. The Morgan fingerprint density at radius 3 is 2.95 bits per heavy atom. The Morgan fingerprint density at radius 2 is 2.18 bits per heavy atom. The highest BCUT2D eigenvalue weighted by Gasteiger charge is 2.12. The molecule has 3 aromatic heterocycles. The molecule has 0 bridgehead atoms. The minimum atomic E-state index is 0.151. The van der Waals surface area contributed by atoms with Gasteiger partial charge in [0.15, 0.2) is 5.65 Å². The molecule has 3 aromatic rings. The molecule has 8 nitrogen and oxygen atoms in total. The van der Waals surface area contributed by atoms with E-state index < -0.39 is 0 Å². The fourth-order valence-electron chi connectivity index (χ4n) is 2.21. The van der Waals surface area contributed by atoms with Gasteiger partial charge in [-0.15, -0.1) is 0 Å². The van der Waals surface area contributed by atoms with Crippen molar-refractivity contribution in [3.05, 3.63) is 30.4 Å². The fourth-order valence-corrected chi connectivity index (χ4v) is 2.21. The molecule has 4 N–H and O–H groups in total. The van der Waals surface area contributed by atoms with Gasteiger partial charge in [-0.25, -0.2) is 19.9 Å². The highest BCUT2D eigenvalue weighted by atomic mass is 16.3. The van der Waals surface area contributed by atoms with Gasteiger partial charge in [0.2, 0.25) is 5.95 Å². The number of aryl methyl sites for hydroxylation is 1. The molecular formula is C14H17N7O. The van der Waals surface area contributed by atoms with Crippen molar-refractivity contribution in [2.75, 3.05) is 24.2 Å². The summed E-state index contributed by atoms with van der Waals surface area (Å²) in [5, 5.41) is 12.0. The highest BCUT2D eigenvalue weighted by molar-refractivity contribution is 5.63. The van der Waals surface area contributed by atoms with Crippen LogP contribution in [0, 0.1) is 6.92 Å². The van der Waals surface area contributed by atoms with Crippen molar-refractivity contribution < 1.29 is 5.11 Å². The summed E-state index contributed by atoms with van der Waals surface area (Å²) in [5.41, 5.74) is 8.75. The van der Waals surface area contributed by atoms with Gasteiger partial charge < -0.3 is 16.2 Å². The number of hydrogen-bond acceptors (Lipinski definition) is 7. The lowest BCUT2D eigenvalue weighted by molar-refractivity contribution is 0.292. The molecule has 22 heavy (non-hydrogen) atoms. The second-order valence-electron chi connectivity index (χ2n) is 4.85. The molecule has 0 aliphatic carbocycles. The minimum Gasteiger partial charge on any atom is -0.396 e. The number of hydrogen-bond donors (Lipinski definition) is 3. The Balaban J connectivity index is 1.98. The van der Waals surface area contributed by atoms with Crippen molar-refractivity contribution in [1.82, 2.24) is 24.3 Å².